The number of rotatable bonds is 4. The van der Waals surface area contributed by atoms with E-state index in [-0.39, 0.29) is 5.82 Å². The molecule has 0 fully saturated rings. The lowest BCUT2D eigenvalue weighted by Gasteiger charge is -2.19. The summed E-state index contributed by atoms with van der Waals surface area (Å²) in [6, 6.07) is 11.0. The molecule has 0 spiro atoms. The largest absolute Gasteiger partial charge is 0.496 e. The van der Waals surface area contributed by atoms with Crippen LogP contribution in [0.4, 0.5) is 4.39 Å². The molecule has 0 amide bonds. The second-order valence-electron chi connectivity index (χ2n) is 6.19. The topological polar surface area (TPSA) is 31.4 Å². The maximum absolute atomic E-state index is 13.9. The third kappa shape index (κ3) is 2.69. The Morgan fingerprint density at radius 1 is 1.00 bits per heavy atom. The highest BCUT2D eigenvalue weighted by Gasteiger charge is 2.19. The predicted molar refractivity (Wildman–Crippen MR) is 104 cm³/mol. The third-order valence-electron chi connectivity index (χ3n) is 4.72. The van der Waals surface area contributed by atoms with Crippen LogP contribution in [0.15, 0.2) is 41.9 Å². The van der Waals surface area contributed by atoms with Crippen molar-refractivity contribution in [2.75, 3.05) is 14.2 Å². The minimum absolute atomic E-state index is 0.295. The number of hydrogen-bond acceptors (Lipinski definition) is 4. The maximum atomic E-state index is 13.9. The Balaban J connectivity index is 1.93. The summed E-state index contributed by atoms with van der Waals surface area (Å²) in [6.45, 7) is 2.01. The first-order valence-corrected chi connectivity index (χ1v) is 9.15. The lowest BCUT2D eigenvalue weighted by Crippen LogP contribution is -2.02. The Hall–Kier alpha value is -2.66. The summed E-state index contributed by atoms with van der Waals surface area (Å²) < 4.78 is 26.4. The number of nitrogens with zero attached hydrogens (tertiary/aromatic N) is 1. The van der Waals surface area contributed by atoms with Gasteiger partial charge < -0.3 is 9.47 Å². The van der Waals surface area contributed by atoms with Gasteiger partial charge in [0.05, 0.1) is 29.9 Å². The van der Waals surface area contributed by atoms with Gasteiger partial charge in [-0.1, -0.05) is 6.07 Å². The molecular weight excluding hydrogens is 349 g/mol. The number of benzene rings is 3. The number of ether oxygens (including phenoxy) is 2. The van der Waals surface area contributed by atoms with E-state index in [4.69, 9.17) is 9.47 Å². The average molecular weight is 367 g/mol. The van der Waals surface area contributed by atoms with Crippen LogP contribution in [-0.4, -0.2) is 19.2 Å². The minimum atomic E-state index is -0.295. The van der Waals surface area contributed by atoms with E-state index >= 15 is 0 Å². The molecule has 0 saturated heterocycles. The van der Waals surface area contributed by atoms with Crippen LogP contribution >= 0.6 is 11.3 Å². The number of hydrogen-bond donors (Lipinski definition) is 0. The molecule has 1 heterocycles. The van der Waals surface area contributed by atoms with Gasteiger partial charge in [0.15, 0.2) is 0 Å². The Bertz CT molecular complexity index is 1120. The van der Waals surface area contributed by atoms with Crippen molar-refractivity contribution in [3.05, 3.63) is 64.4 Å². The van der Waals surface area contributed by atoms with Crippen molar-refractivity contribution in [3.8, 4) is 11.5 Å². The zero-order chi connectivity index (χ0) is 18.3. The first-order valence-electron chi connectivity index (χ1n) is 8.27. The predicted octanol–water partition coefficient (Wildman–Crippen LogP) is 5.51. The van der Waals surface area contributed by atoms with Crippen LogP contribution in [0.1, 0.15) is 16.7 Å². The van der Waals surface area contributed by atoms with Crippen LogP contribution < -0.4 is 9.47 Å². The van der Waals surface area contributed by atoms with Gasteiger partial charge in [0.1, 0.15) is 17.3 Å². The van der Waals surface area contributed by atoms with Gasteiger partial charge in [0, 0.05) is 22.8 Å². The van der Waals surface area contributed by atoms with Gasteiger partial charge in [-0.15, -0.1) is 11.3 Å². The Morgan fingerprint density at radius 3 is 2.58 bits per heavy atom. The van der Waals surface area contributed by atoms with Crippen molar-refractivity contribution < 1.29 is 13.9 Å². The van der Waals surface area contributed by atoms with Crippen LogP contribution in [-0.2, 0) is 6.42 Å². The van der Waals surface area contributed by atoms with Gasteiger partial charge in [-0.25, -0.2) is 9.37 Å². The van der Waals surface area contributed by atoms with Crippen LogP contribution in [0.2, 0.25) is 0 Å². The molecule has 26 heavy (non-hydrogen) atoms. The standard InChI is InChI=1S/C21H18FNO2S/c1-12-16(8-13-4-7-19-18(9-13)23-11-26-19)21(25-3)17-10-14(22)5-6-15(17)20(12)24-2/h4-7,9-11H,8H2,1-3H3. The number of fused-ring (bicyclic) bond motifs is 2. The van der Waals surface area contributed by atoms with Crippen LogP contribution in [0, 0.1) is 12.7 Å². The molecule has 0 aliphatic rings. The number of halogens is 1. The molecule has 3 aromatic carbocycles. The molecule has 3 nitrogen and oxygen atoms in total. The number of thiazole rings is 1. The second kappa shape index (κ2) is 6.57. The molecule has 0 saturated carbocycles. The summed E-state index contributed by atoms with van der Waals surface area (Å²) in [4.78, 5) is 4.39. The zero-order valence-electron chi connectivity index (χ0n) is 14.8. The van der Waals surface area contributed by atoms with Crippen molar-refractivity contribution in [1.82, 2.24) is 4.98 Å². The van der Waals surface area contributed by atoms with E-state index in [1.165, 1.54) is 12.1 Å². The van der Waals surface area contributed by atoms with E-state index in [9.17, 15) is 4.39 Å². The summed E-state index contributed by atoms with van der Waals surface area (Å²) in [5, 5.41) is 1.57. The van der Waals surface area contributed by atoms with E-state index in [2.05, 4.69) is 23.2 Å². The summed E-state index contributed by atoms with van der Waals surface area (Å²) in [5.41, 5.74) is 5.96. The molecule has 0 unspecified atom stereocenters. The molecule has 0 atom stereocenters. The van der Waals surface area contributed by atoms with E-state index in [0.29, 0.717) is 12.2 Å². The molecule has 0 radical (unpaired) electrons. The van der Waals surface area contributed by atoms with Gasteiger partial charge >= 0.3 is 0 Å². The molecule has 4 aromatic rings. The second-order valence-corrected chi connectivity index (χ2v) is 7.08. The summed E-state index contributed by atoms with van der Waals surface area (Å²) in [7, 11) is 3.27. The average Bonchev–Trinajstić information content (AvgIpc) is 3.10. The highest BCUT2D eigenvalue weighted by molar-refractivity contribution is 7.16. The van der Waals surface area contributed by atoms with E-state index in [1.807, 2.05) is 12.4 Å². The van der Waals surface area contributed by atoms with Crippen molar-refractivity contribution in [3.63, 3.8) is 0 Å². The van der Waals surface area contributed by atoms with E-state index in [1.54, 1.807) is 31.6 Å². The minimum Gasteiger partial charge on any atom is -0.496 e. The first-order chi connectivity index (χ1) is 12.6. The fraction of sp³-hybridized carbons (Fsp3) is 0.190. The molecule has 4 rings (SSSR count). The SMILES string of the molecule is COc1c(C)c(Cc2ccc3scnc3c2)c(OC)c2cc(F)ccc12. The van der Waals surface area contributed by atoms with Gasteiger partial charge in [-0.05, 0) is 48.4 Å². The smallest absolute Gasteiger partial charge is 0.130 e. The fourth-order valence-corrected chi connectivity index (χ4v) is 4.16. The monoisotopic (exact) mass is 367 g/mol. The molecule has 0 aliphatic carbocycles. The van der Waals surface area contributed by atoms with Crippen LogP contribution in [0.25, 0.3) is 21.0 Å². The first kappa shape index (κ1) is 16.8. The quantitative estimate of drug-likeness (QED) is 0.477. The van der Waals surface area contributed by atoms with E-state index < -0.39 is 0 Å². The molecule has 0 aliphatic heterocycles. The molecule has 5 heteroatoms. The highest BCUT2D eigenvalue weighted by Crippen LogP contribution is 2.41. The van der Waals surface area contributed by atoms with Gasteiger partial charge in [0.25, 0.3) is 0 Å². The molecule has 0 N–H and O–H groups in total. The van der Waals surface area contributed by atoms with Crippen molar-refractivity contribution >= 4 is 32.3 Å². The Morgan fingerprint density at radius 2 is 1.81 bits per heavy atom. The normalized spacial score (nSPS) is 11.2. The lowest BCUT2D eigenvalue weighted by atomic mass is 9.94. The lowest BCUT2D eigenvalue weighted by molar-refractivity contribution is 0.404. The summed E-state index contributed by atoms with van der Waals surface area (Å²) in [5.74, 6) is 1.15. The molecule has 1 aromatic heterocycles. The molecular formula is C21H18FNO2S. The number of methoxy groups -OCH3 is 2. The van der Waals surface area contributed by atoms with Crippen LogP contribution in [0.3, 0.4) is 0 Å². The van der Waals surface area contributed by atoms with Crippen molar-refractivity contribution in [2.45, 2.75) is 13.3 Å². The van der Waals surface area contributed by atoms with Crippen molar-refractivity contribution in [2.24, 2.45) is 0 Å². The third-order valence-corrected chi connectivity index (χ3v) is 5.53. The van der Waals surface area contributed by atoms with Crippen LogP contribution in [0.5, 0.6) is 11.5 Å². The summed E-state index contributed by atoms with van der Waals surface area (Å²) in [6.07, 6.45) is 0.658. The Kier molecular flexibility index (Phi) is 4.24. The van der Waals surface area contributed by atoms with Crippen molar-refractivity contribution in [1.29, 1.82) is 0 Å². The van der Waals surface area contributed by atoms with E-state index in [0.717, 1.165) is 43.4 Å². The highest BCUT2D eigenvalue weighted by atomic mass is 32.1. The van der Waals surface area contributed by atoms with Gasteiger partial charge in [0.2, 0.25) is 0 Å². The van der Waals surface area contributed by atoms with Gasteiger partial charge in [-0.3, -0.25) is 0 Å². The molecule has 132 valence electrons. The maximum Gasteiger partial charge on any atom is 0.130 e. The van der Waals surface area contributed by atoms with Gasteiger partial charge in [-0.2, -0.15) is 0 Å². The zero-order valence-corrected chi connectivity index (χ0v) is 15.6. The summed E-state index contributed by atoms with van der Waals surface area (Å²) >= 11 is 1.63. The number of aromatic nitrogens is 1. The molecule has 0 bridgehead atoms. The fourth-order valence-electron chi connectivity index (χ4n) is 3.50. The Labute approximate surface area is 155 Å².